The number of rotatable bonds is 11. The Balaban J connectivity index is 1.85. The molecule has 0 radical (unpaired) electrons. The largest absolute Gasteiger partial charge is 0.492 e. The van der Waals surface area contributed by atoms with E-state index in [-0.39, 0.29) is 5.91 Å². The number of ether oxygens (including phenoxy) is 1. The van der Waals surface area contributed by atoms with E-state index in [1.165, 1.54) is 31.2 Å². The fourth-order valence-corrected chi connectivity index (χ4v) is 3.43. The Bertz CT molecular complexity index is 784. The minimum Gasteiger partial charge on any atom is -0.492 e. The topological polar surface area (TPSA) is 50.4 Å². The van der Waals surface area contributed by atoms with Gasteiger partial charge in [-0.25, -0.2) is 0 Å². The molecular formula is C23H29BrN2O2S. The maximum absolute atomic E-state index is 12.7. The molecule has 6 heteroatoms. The molecule has 0 fully saturated rings. The zero-order valence-corrected chi connectivity index (χ0v) is 19.3. The van der Waals surface area contributed by atoms with Gasteiger partial charge in [-0.3, -0.25) is 10.1 Å². The van der Waals surface area contributed by atoms with Crippen molar-refractivity contribution >= 4 is 39.2 Å². The normalized spacial score (nSPS) is 10.4. The third-order valence-corrected chi connectivity index (χ3v) is 5.21. The highest BCUT2D eigenvalue weighted by molar-refractivity contribution is 9.10. The Morgan fingerprint density at radius 3 is 2.59 bits per heavy atom. The summed E-state index contributed by atoms with van der Waals surface area (Å²) in [6, 6.07) is 15.5. The van der Waals surface area contributed by atoms with Gasteiger partial charge in [-0.1, -0.05) is 78.9 Å². The fourth-order valence-electron chi connectivity index (χ4n) is 2.87. The van der Waals surface area contributed by atoms with Gasteiger partial charge in [0.25, 0.3) is 5.91 Å². The van der Waals surface area contributed by atoms with Crippen molar-refractivity contribution in [3.05, 3.63) is 64.1 Å². The number of thiocarbonyl (C=S) groups is 1. The molecule has 0 bridgehead atoms. The van der Waals surface area contributed by atoms with Crippen LogP contribution in [0, 0.1) is 0 Å². The van der Waals surface area contributed by atoms with Gasteiger partial charge in [-0.15, -0.1) is 0 Å². The molecule has 2 aromatic carbocycles. The number of carbonyl (C=O) groups excluding carboxylic acids is 1. The van der Waals surface area contributed by atoms with Crippen LogP contribution in [0.5, 0.6) is 5.75 Å². The summed E-state index contributed by atoms with van der Waals surface area (Å²) in [5.74, 6) is 0.272. The van der Waals surface area contributed by atoms with Crippen LogP contribution in [0.2, 0.25) is 0 Å². The lowest BCUT2D eigenvalue weighted by molar-refractivity contribution is 0.0972. The molecule has 29 heavy (non-hydrogen) atoms. The molecule has 2 rings (SSSR count). The summed E-state index contributed by atoms with van der Waals surface area (Å²) < 4.78 is 6.70. The number of unbranched alkanes of at least 4 members (excludes halogenated alkanes) is 4. The molecule has 2 aromatic rings. The summed E-state index contributed by atoms with van der Waals surface area (Å²) in [4.78, 5) is 12.7. The number of hydrogen-bond donors (Lipinski definition) is 2. The Morgan fingerprint density at radius 2 is 1.83 bits per heavy atom. The van der Waals surface area contributed by atoms with Gasteiger partial charge in [0.15, 0.2) is 5.11 Å². The van der Waals surface area contributed by atoms with Crippen LogP contribution in [0.15, 0.2) is 53.0 Å². The van der Waals surface area contributed by atoms with E-state index >= 15 is 0 Å². The number of hydrogen-bond acceptors (Lipinski definition) is 3. The Labute approximate surface area is 187 Å². The highest BCUT2D eigenvalue weighted by Gasteiger charge is 2.15. The lowest BCUT2D eigenvalue weighted by Gasteiger charge is -2.13. The first-order chi connectivity index (χ1) is 14.1. The van der Waals surface area contributed by atoms with Gasteiger partial charge in [0, 0.05) is 17.4 Å². The van der Waals surface area contributed by atoms with Crippen LogP contribution in [-0.2, 0) is 6.42 Å². The van der Waals surface area contributed by atoms with Gasteiger partial charge in [0.1, 0.15) is 5.75 Å². The first-order valence-electron chi connectivity index (χ1n) is 10.2. The maximum atomic E-state index is 12.7. The molecule has 0 aliphatic rings. The van der Waals surface area contributed by atoms with Gasteiger partial charge in [0.05, 0.1) is 12.2 Å². The summed E-state index contributed by atoms with van der Waals surface area (Å²) in [5, 5.41) is 6.21. The van der Waals surface area contributed by atoms with Gasteiger partial charge < -0.3 is 10.1 Å². The van der Waals surface area contributed by atoms with E-state index in [0.29, 0.717) is 23.0 Å². The van der Waals surface area contributed by atoms with Gasteiger partial charge >= 0.3 is 0 Å². The van der Waals surface area contributed by atoms with Crippen molar-refractivity contribution in [3.63, 3.8) is 0 Å². The smallest absolute Gasteiger partial charge is 0.261 e. The zero-order chi connectivity index (χ0) is 20.9. The Morgan fingerprint density at radius 1 is 1.07 bits per heavy atom. The SMILES string of the molecule is CCCCCCCNC(=S)NC(=O)c1cc(Br)ccc1OCCc1ccccc1. The summed E-state index contributed by atoms with van der Waals surface area (Å²) >= 11 is 8.69. The summed E-state index contributed by atoms with van der Waals surface area (Å²) in [6.07, 6.45) is 6.71. The predicted octanol–water partition coefficient (Wildman–Crippen LogP) is 5.65. The molecule has 0 saturated carbocycles. The van der Waals surface area contributed by atoms with E-state index in [0.717, 1.165) is 23.9 Å². The quantitative estimate of drug-likeness (QED) is 0.325. The molecule has 2 N–H and O–H groups in total. The minimum absolute atomic E-state index is 0.274. The molecule has 0 aromatic heterocycles. The van der Waals surface area contributed by atoms with Crippen molar-refractivity contribution in [2.24, 2.45) is 0 Å². The van der Waals surface area contributed by atoms with Gasteiger partial charge in [-0.05, 0) is 42.4 Å². The lowest BCUT2D eigenvalue weighted by atomic mass is 10.1. The molecule has 0 saturated heterocycles. The number of nitrogens with one attached hydrogen (secondary N) is 2. The minimum atomic E-state index is -0.274. The molecule has 4 nitrogen and oxygen atoms in total. The molecule has 156 valence electrons. The van der Waals surface area contributed by atoms with Crippen LogP contribution in [-0.4, -0.2) is 24.2 Å². The first-order valence-corrected chi connectivity index (χ1v) is 11.4. The molecule has 1 amide bonds. The van der Waals surface area contributed by atoms with Crippen molar-refractivity contribution < 1.29 is 9.53 Å². The molecule has 0 aliphatic heterocycles. The van der Waals surface area contributed by atoms with Crippen LogP contribution < -0.4 is 15.4 Å². The van der Waals surface area contributed by atoms with E-state index < -0.39 is 0 Å². The van der Waals surface area contributed by atoms with Gasteiger partial charge in [0.2, 0.25) is 0 Å². The average Bonchev–Trinajstić information content (AvgIpc) is 2.72. The molecule has 0 aliphatic carbocycles. The van der Waals surface area contributed by atoms with E-state index in [1.54, 1.807) is 12.1 Å². The van der Waals surface area contributed by atoms with Crippen LogP contribution >= 0.6 is 28.1 Å². The summed E-state index contributed by atoms with van der Waals surface area (Å²) in [5.41, 5.74) is 1.65. The van der Waals surface area contributed by atoms with Gasteiger partial charge in [-0.2, -0.15) is 0 Å². The number of carbonyl (C=O) groups is 1. The van der Waals surface area contributed by atoms with E-state index in [9.17, 15) is 4.79 Å². The van der Waals surface area contributed by atoms with Crippen molar-refractivity contribution in [2.45, 2.75) is 45.4 Å². The van der Waals surface area contributed by atoms with E-state index in [1.807, 2.05) is 24.3 Å². The molecule has 0 unspecified atom stereocenters. The van der Waals surface area contributed by atoms with Crippen LogP contribution in [0.3, 0.4) is 0 Å². The number of amides is 1. The second-order valence-electron chi connectivity index (χ2n) is 6.85. The number of benzene rings is 2. The molecular weight excluding hydrogens is 448 g/mol. The second-order valence-corrected chi connectivity index (χ2v) is 8.17. The Hall–Kier alpha value is -1.92. The maximum Gasteiger partial charge on any atom is 0.261 e. The molecule has 0 heterocycles. The Kier molecular flexibility index (Phi) is 10.7. The summed E-state index contributed by atoms with van der Waals surface area (Å²) in [7, 11) is 0. The van der Waals surface area contributed by atoms with Crippen LogP contribution in [0.4, 0.5) is 0 Å². The highest BCUT2D eigenvalue weighted by Crippen LogP contribution is 2.23. The van der Waals surface area contributed by atoms with E-state index in [2.05, 4.69) is 45.6 Å². The first kappa shape index (κ1) is 23.4. The predicted molar refractivity (Wildman–Crippen MR) is 127 cm³/mol. The lowest BCUT2D eigenvalue weighted by Crippen LogP contribution is -2.39. The third-order valence-electron chi connectivity index (χ3n) is 4.47. The average molecular weight is 477 g/mol. The zero-order valence-electron chi connectivity index (χ0n) is 16.9. The van der Waals surface area contributed by atoms with Crippen LogP contribution in [0.1, 0.15) is 54.9 Å². The van der Waals surface area contributed by atoms with Crippen molar-refractivity contribution in [1.82, 2.24) is 10.6 Å². The molecule has 0 spiro atoms. The highest BCUT2D eigenvalue weighted by atomic mass is 79.9. The van der Waals surface area contributed by atoms with E-state index in [4.69, 9.17) is 17.0 Å². The standard InChI is InChI=1S/C23H29BrN2O2S/c1-2-3-4-5-9-15-25-23(29)26-22(27)20-17-19(24)12-13-21(20)28-16-14-18-10-7-6-8-11-18/h6-8,10-13,17H,2-5,9,14-16H2,1H3,(H2,25,26,27,29). The van der Waals surface area contributed by atoms with Crippen molar-refractivity contribution in [2.75, 3.05) is 13.2 Å². The summed E-state index contributed by atoms with van der Waals surface area (Å²) in [6.45, 7) is 3.46. The van der Waals surface area contributed by atoms with Crippen molar-refractivity contribution in [1.29, 1.82) is 0 Å². The van der Waals surface area contributed by atoms with Crippen LogP contribution in [0.25, 0.3) is 0 Å². The number of halogens is 1. The third kappa shape index (κ3) is 8.96. The molecule has 0 atom stereocenters. The van der Waals surface area contributed by atoms with Crippen molar-refractivity contribution in [3.8, 4) is 5.75 Å². The second kappa shape index (κ2) is 13.3. The fraction of sp³-hybridized carbons (Fsp3) is 0.391. The monoisotopic (exact) mass is 476 g/mol.